The molecular weight excluding hydrogens is 850 g/mol. The summed E-state index contributed by atoms with van der Waals surface area (Å²) in [5, 5.41) is 1.46. The zero-order chi connectivity index (χ0) is 43.9. The molecule has 29 heteroatoms. The summed E-state index contributed by atoms with van der Waals surface area (Å²) in [5.41, 5.74) is -5.60. The molecule has 0 saturated heterocycles. The first-order valence-corrected chi connectivity index (χ1v) is 17.7. The van der Waals surface area contributed by atoms with E-state index in [1.165, 1.54) is 27.2 Å². The van der Waals surface area contributed by atoms with Gasteiger partial charge < -0.3 is 15.4 Å². The van der Waals surface area contributed by atoms with Crippen LogP contribution in [-0.4, -0.2) is 71.3 Å². The molecule has 0 aromatic heterocycles. The highest BCUT2D eigenvalue weighted by atomic mass is 32.2. The van der Waals surface area contributed by atoms with Crippen molar-refractivity contribution in [1.82, 2.24) is 31.1 Å². The van der Waals surface area contributed by atoms with Crippen LogP contribution in [0.2, 0.25) is 0 Å². The SMILES string of the molecule is CCC(NC(=O)NNS(=O)(=O)c1cc(C)cc(C)c1)(C(F)(F)F)C(F)(F)F.CCC(NC(=O)NNS(=O)(=O)c1ccc(OC(F)F)cc1)(C(F)(F)F)C(F)(F)F. The van der Waals surface area contributed by atoms with Gasteiger partial charge in [0.2, 0.25) is 11.1 Å². The van der Waals surface area contributed by atoms with Crippen molar-refractivity contribution in [2.24, 2.45) is 0 Å². The molecule has 0 aliphatic carbocycles. The van der Waals surface area contributed by atoms with Gasteiger partial charge in [0.25, 0.3) is 20.0 Å². The number of hydrogen-bond donors (Lipinski definition) is 6. The lowest BCUT2D eigenvalue weighted by Crippen LogP contribution is -2.69. The van der Waals surface area contributed by atoms with Crippen molar-refractivity contribution in [1.29, 1.82) is 0 Å². The molecule has 0 radical (unpaired) electrons. The fourth-order valence-corrected chi connectivity index (χ4v) is 6.13. The van der Waals surface area contributed by atoms with Crippen molar-refractivity contribution in [2.45, 2.75) is 92.7 Å². The Balaban J connectivity index is 0.000000561. The van der Waals surface area contributed by atoms with Crippen LogP contribution < -0.4 is 35.9 Å². The van der Waals surface area contributed by atoms with Gasteiger partial charge in [0.15, 0.2) is 0 Å². The maximum absolute atomic E-state index is 13.0. The van der Waals surface area contributed by atoms with E-state index in [2.05, 4.69) is 4.74 Å². The number of alkyl halides is 14. The van der Waals surface area contributed by atoms with Crippen LogP contribution in [0.5, 0.6) is 5.75 Å². The Bertz CT molecular complexity index is 1840. The van der Waals surface area contributed by atoms with E-state index in [4.69, 9.17) is 0 Å². The minimum Gasteiger partial charge on any atom is -0.435 e. The minimum absolute atomic E-state index is 0.325. The lowest BCUT2D eigenvalue weighted by Gasteiger charge is -2.36. The molecule has 0 unspecified atom stereocenters. The molecule has 0 atom stereocenters. The van der Waals surface area contributed by atoms with Gasteiger partial charge in [0, 0.05) is 0 Å². The first-order chi connectivity index (χ1) is 25.1. The number of hydrazine groups is 2. The van der Waals surface area contributed by atoms with Crippen molar-refractivity contribution in [3.8, 4) is 5.75 Å². The molecule has 6 N–H and O–H groups in total. The van der Waals surface area contributed by atoms with Crippen molar-refractivity contribution in [3.63, 3.8) is 0 Å². The number of urea groups is 2. The molecule has 320 valence electrons. The van der Waals surface area contributed by atoms with Crippen LogP contribution in [0, 0.1) is 13.8 Å². The van der Waals surface area contributed by atoms with Gasteiger partial charge in [-0.3, -0.25) is 10.9 Å². The zero-order valence-corrected chi connectivity index (χ0v) is 30.1. The topological polar surface area (TPSA) is 184 Å². The number of sulfonamides is 2. The first kappa shape index (κ1) is 49.6. The molecule has 0 saturated carbocycles. The molecule has 2 aromatic carbocycles. The maximum Gasteiger partial charge on any atom is 0.420 e. The quantitative estimate of drug-likeness (QED) is 0.110. The number of amides is 4. The van der Waals surface area contributed by atoms with Crippen molar-refractivity contribution in [3.05, 3.63) is 53.6 Å². The van der Waals surface area contributed by atoms with Crippen LogP contribution in [0.1, 0.15) is 37.8 Å². The van der Waals surface area contributed by atoms with Crippen molar-refractivity contribution in [2.75, 3.05) is 0 Å². The molecule has 0 aliphatic rings. The van der Waals surface area contributed by atoms with E-state index < -0.39 is 98.0 Å². The third kappa shape index (κ3) is 12.3. The Morgan fingerprint density at radius 1 is 0.589 bits per heavy atom. The van der Waals surface area contributed by atoms with Crippen LogP contribution in [0.25, 0.3) is 0 Å². The van der Waals surface area contributed by atoms with E-state index in [9.17, 15) is 87.9 Å². The van der Waals surface area contributed by atoms with Crippen molar-refractivity contribution < 1.29 is 92.6 Å². The van der Waals surface area contributed by atoms with Gasteiger partial charge in [0.05, 0.1) is 9.79 Å². The van der Waals surface area contributed by atoms with Gasteiger partial charge in [-0.05, 0) is 74.2 Å². The van der Waals surface area contributed by atoms with Crippen LogP contribution >= 0.6 is 0 Å². The third-order valence-electron chi connectivity index (χ3n) is 7.11. The van der Waals surface area contributed by atoms with Crippen LogP contribution in [0.3, 0.4) is 0 Å². The molecule has 56 heavy (non-hydrogen) atoms. The highest BCUT2D eigenvalue weighted by Gasteiger charge is 2.71. The fraction of sp³-hybridized carbons (Fsp3) is 0.481. The number of halogens is 14. The molecule has 0 heterocycles. The second-order valence-electron chi connectivity index (χ2n) is 11.1. The number of aryl methyl sites for hydroxylation is 2. The molecular formula is C27H30F14N6O7S2. The molecule has 0 aliphatic heterocycles. The summed E-state index contributed by atoms with van der Waals surface area (Å²) >= 11 is 0. The number of rotatable bonds is 12. The zero-order valence-electron chi connectivity index (χ0n) is 28.5. The van der Waals surface area contributed by atoms with Gasteiger partial charge in [0.1, 0.15) is 5.75 Å². The fourth-order valence-electron chi connectivity index (χ4n) is 4.27. The highest BCUT2D eigenvalue weighted by Crippen LogP contribution is 2.46. The molecule has 2 aromatic rings. The number of carbonyl (C=O) groups is 2. The van der Waals surface area contributed by atoms with E-state index in [1.54, 1.807) is 19.9 Å². The minimum atomic E-state index is -5.93. The molecule has 13 nitrogen and oxygen atoms in total. The smallest absolute Gasteiger partial charge is 0.420 e. The van der Waals surface area contributed by atoms with Crippen molar-refractivity contribution >= 4 is 32.1 Å². The predicted molar refractivity (Wildman–Crippen MR) is 163 cm³/mol. The predicted octanol–water partition coefficient (Wildman–Crippen LogP) is 6.12. The Kier molecular flexibility index (Phi) is 15.8. The Hall–Kier alpha value is -4.38. The summed E-state index contributed by atoms with van der Waals surface area (Å²) < 4.78 is 231. The summed E-state index contributed by atoms with van der Waals surface area (Å²) in [7, 11) is -9.08. The number of ether oxygens (including phenoxy) is 1. The maximum atomic E-state index is 13.0. The second-order valence-corrected chi connectivity index (χ2v) is 14.4. The number of carbonyl (C=O) groups excluding carboxylic acids is 2. The van der Waals surface area contributed by atoms with Gasteiger partial charge in [-0.15, -0.1) is 9.66 Å². The van der Waals surface area contributed by atoms with Crippen LogP contribution in [-0.2, 0) is 20.0 Å². The lowest BCUT2D eigenvalue weighted by atomic mass is 9.94. The highest BCUT2D eigenvalue weighted by molar-refractivity contribution is 7.89. The monoisotopic (exact) mass is 880 g/mol. The number of benzene rings is 2. The van der Waals surface area contributed by atoms with Gasteiger partial charge >= 0.3 is 43.4 Å². The van der Waals surface area contributed by atoms with E-state index in [0.717, 1.165) is 35.0 Å². The van der Waals surface area contributed by atoms with E-state index in [-0.39, 0.29) is 4.90 Å². The van der Waals surface area contributed by atoms with Gasteiger partial charge in [-0.25, -0.2) is 26.4 Å². The average molecular weight is 881 g/mol. The molecule has 0 spiro atoms. The largest absolute Gasteiger partial charge is 0.435 e. The average Bonchev–Trinajstić information content (AvgIpc) is 3.01. The standard InChI is InChI=1S/C14H17F6N3O3S.C13H13F8N3O4S/c1-4-12(13(15,16)17,14(18,19)20)21-11(24)22-23-27(25,26)10-6-8(2)5-9(3)7-10;1-2-11(12(16,17)18,13(19,20)21)22-10(25)23-24-29(26,27)8-5-3-7(4-6-8)28-9(14)15/h5-7,23H,4H2,1-3H3,(H2,21,22,24);3-6,9,24H,2H2,1H3,(H2,22,23,25). The summed E-state index contributed by atoms with van der Waals surface area (Å²) in [6, 6.07) is 2.98. The van der Waals surface area contributed by atoms with Gasteiger partial charge in [-0.2, -0.15) is 61.5 Å². The van der Waals surface area contributed by atoms with Crippen LogP contribution in [0.4, 0.5) is 71.1 Å². The first-order valence-electron chi connectivity index (χ1n) is 14.7. The van der Waals surface area contributed by atoms with E-state index in [0.29, 0.717) is 30.3 Å². The summed E-state index contributed by atoms with van der Waals surface area (Å²) in [5.74, 6) is -0.423. The third-order valence-corrected chi connectivity index (χ3v) is 9.60. The molecule has 0 bridgehead atoms. The van der Waals surface area contributed by atoms with E-state index >= 15 is 0 Å². The second kappa shape index (κ2) is 17.8. The van der Waals surface area contributed by atoms with Crippen LogP contribution in [0.15, 0.2) is 52.3 Å². The van der Waals surface area contributed by atoms with Gasteiger partial charge in [-0.1, -0.05) is 19.9 Å². The summed E-state index contributed by atoms with van der Waals surface area (Å²) in [4.78, 5) is 24.8. The Morgan fingerprint density at radius 2 is 0.911 bits per heavy atom. The molecule has 0 fully saturated rings. The number of nitrogens with one attached hydrogen (secondary N) is 6. The Morgan fingerprint density at radius 3 is 1.20 bits per heavy atom. The van der Waals surface area contributed by atoms with E-state index in [1.807, 2.05) is 0 Å². The Labute approximate surface area is 307 Å². The molecule has 4 amide bonds. The molecule has 2 rings (SSSR count). The normalized spacial score (nSPS) is 13.3. The summed E-state index contributed by atoms with van der Waals surface area (Å²) in [6.45, 7) is 1.07. The number of hydrogen-bond acceptors (Lipinski definition) is 7. The summed E-state index contributed by atoms with van der Waals surface area (Å²) in [6.07, 6.45) is -26.7. The lowest BCUT2D eigenvalue weighted by molar-refractivity contribution is -0.305.